The lowest BCUT2D eigenvalue weighted by atomic mass is 10.1. The van der Waals surface area contributed by atoms with Gasteiger partial charge >= 0.3 is 0 Å². The van der Waals surface area contributed by atoms with E-state index in [4.69, 9.17) is 18.6 Å². The first-order chi connectivity index (χ1) is 17.1. The molecule has 0 unspecified atom stereocenters. The highest BCUT2D eigenvalue weighted by Gasteiger charge is 2.26. The van der Waals surface area contributed by atoms with E-state index in [0.29, 0.717) is 48.0 Å². The van der Waals surface area contributed by atoms with Gasteiger partial charge in [0, 0.05) is 30.2 Å². The van der Waals surface area contributed by atoms with Crippen molar-refractivity contribution in [3.05, 3.63) is 64.1 Å². The van der Waals surface area contributed by atoms with Gasteiger partial charge in [-0.15, -0.1) is 5.10 Å². The van der Waals surface area contributed by atoms with E-state index in [1.807, 2.05) is 31.2 Å². The van der Waals surface area contributed by atoms with Gasteiger partial charge in [-0.25, -0.2) is 4.68 Å². The number of aromatic nitrogens is 5. The number of benzene rings is 1. The minimum Gasteiger partial charge on any atom is -0.468 e. The van der Waals surface area contributed by atoms with E-state index < -0.39 is 0 Å². The molecule has 3 aromatic heterocycles. The first-order valence-electron chi connectivity index (χ1n) is 11.7. The van der Waals surface area contributed by atoms with Crippen molar-refractivity contribution in [3.8, 4) is 11.5 Å². The van der Waals surface area contributed by atoms with Crippen LogP contribution in [0.5, 0.6) is 11.5 Å². The minimum atomic E-state index is -0.191. The lowest BCUT2D eigenvalue weighted by molar-refractivity contribution is 0.0894. The predicted octanol–water partition coefficient (Wildman–Crippen LogP) is 2.78. The third kappa shape index (κ3) is 4.40. The van der Waals surface area contributed by atoms with Gasteiger partial charge in [0.2, 0.25) is 6.79 Å². The van der Waals surface area contributed by atoms with Gasteiger partial charge in [-0.3, -0.25) is 9.69 Å². The number of fused-ring (bicyclic) bond motifs is 2. The summed E-state index contributed by atoms with van der Waals surface area (Å²) in [5, 5.41) is 13.3. The van der Waals surface area contributed by atoms with Crippen molar-refractivity contribution >= 4 is 10.9 Å². The Labute approximate surface area is 200 Å². The molecular weight excluding hydrogens is 452 g/mol. The maximum Gasteiger partial charge on any atom is 0.252 e. The average molecular weight is 479 g/mol. The summed E-state index contributed by atoms with van der Waals surface area (Å²) in [6.07, 6.45) is 3.80. The van der Waals surface area contributed by atoms with Gasteiger partial charge in [-0.2, -0.15) is 0 Å². The fourth-order valence-electron chi connectivity index (χ4n) is 4.70. The van der Waals surface area contributed by atoms with Crippen LogP contribution in [0.25, 0.3) is 10.9 Å². The van der Waals surface area contributed by atoms with Gasteiger partial charge in [0.05, 0.1) is 37.0 Å². The lowest BCUT2D eigenvalue weighted by Crippen LogP contribution is -2.31. The number of tetrazole rings is 1. The van der Waals surface area contributed by atoms with Crippen molar-refractivity contribution in [1.82, 2.24) is 30.1 Å². The average Bonchev–Trinajstić information content (AvgIpc) is 3.65. The highest BCUT2D eigenvalue weighted by atomic mass is 16.7. The number of ether oxygens (including phenoxy) is 3. The SMILES string of the molecule is C[C@H](c1nnnn1C[C@@H]1CCCO1)N(Cc1ccco1)Cc1cc2cc3c(cc2[nH]c1=O)OCO3. The van der Waals surface area contributed by atoms with Crippen molar-refractivity contribution in [3.63, 3.8) is 0 Å². The molecule has 2 aliphatic heterocycles. The van der Waals surface area contributed by atoms with Crippen LogP contribution < -0.4 is 15.0 Å². The molecule has 1 fully saturated rings. The van der Waals surface area contributed by atoms with Crippen molar-refractivity contribution in [1.29, 1.82) is 0 Å². The van der Waals surface area contributed by atoms with Crippen molar-refractivity contribution < 1.29 is 18.6 Å². The zero-order valence-corrected chi connectivity index (χ0v) is 19.3. The molecule has 1 aromatic carbocycles. The zero-order chi connectivity index (χ0) is 23.8. The van der Waals surface area contributed by atoms with Crippen LogP contribution in [-0.4, -0.2) is 49.6 Å². The fraction of sp³-hybridized carbons (Fsp3) is 0.417. The number of pyridine rings is 1. The van der Waals surface area contributed by atoms with Crippen molar-refractivity contribution in [2.75, 3.05) is 13.4 Å². The molecule has 0 spiro atoms. The predicted molar refractivity (Wildman–Crippen MR) is 124 cm³/mol. The second kappa shape index (κ2) is 9.16. The highest BCUT2D eigenvalue weighted by molar-refractivity contribution is 5.83. The summed E-state index contributed by atoms with van der Waals surface area (Å²) in [5.41, 5.74) is 1.16. The molecule has 0 saturated carbocycles. The molecule has 6 rings (SSSR count). The van der Waals surface area contributed by atoms with Crippen molar-refractivity contribution in [2.24, 2.45) is 0 Å². The summed E-state index contributed by atoms with van der Waals surface area (Å²) < 4.78 is 24.2. The Morgan fingerprint density at radius 2 is 2.11 bits per heavy atom. The Morgan fingerprint density at radius 1 is 1.23 bits per heavy atom. The van der Waals surface area contributed by atoms with Crippen LogP contribution in [0.3, 0.4) is 0 Å². The molecule has 1 N–H and O–H groups in total. The topological polar surface area (TPSA) is 121 Å². The van der Waals surface area contributed by atoms with E-state index in [1.54, 1.807) is 17.0 Å². The summed E-state index contributed by atoms with van der Waals surface area (Å²) in [6, 6.07) is 9.16. The van der Waals surface area contributed by atoms with Gasteiger partial charge in [-0.05, 0) is 54.5 Å². The molecular formula is C24H26N6O5. The molecule has 0 radical (unpaired) electrons. The van der Waals surface area contributed by atoms with Gasteiger partial charge in [0.25, 0.3) is 5.56 Å². The molecule has 4 aromatic rings. The third-order valence-corrected chi connectivity index (χ3v) is 6.61. The molecule has 11 heteroatoms. The standard InChI is InChI=1S/C24H26N6O5/c1-15(23-26-27-28-30(23)13-19-5-3-7-33-19)29(12-18-4-2-6-32-18)11-17-8-16-9-21-22(35-14-34-21)10-20(16)25-24(17)31/h2,4,6,8-10,15,19H,3,5,7,11-14H2,1H3,(H,25,31)/t15-,19+/m1/s1. The third-order valence-electron chi connectivity index (χ3n) is 6.61. The number of nitrogens with zero attached hydrogens (tertiary/aromatic N) is 5. The largest absolute Gasteiger partial charge is 0.468 e. The molecule has 182 valence electrons. The summed E-state index contributed by atoms with van der Waals surface area (Å²) in [4.78, 5) is 18.1. The van der Waals surface area contributed by atoms with Gasteiger partial charge < -0.3 is 23.6 Å². The Morgan fingerprint density at radius 3 is 2.91 bits per heavy atom. The first-order valence-corrected chi connectivity index (χ1v) is 11.7. The maximum atomic E-state index is 13.0. The Hall–Kier alpha value is -3.70. The number of H-pyrrole nitrogens is 1. The zero-order valence-electron chi connectivity index (χ0n) is 19.3. The summed E-state index contributed by atoms with van der Waals surface area (Å²) in [6.45, 7) is 4.44. The molecule has 2 aliphatic rings. The van der Waals surface area contributed by atoms with Crippen LogP contribution in [0.4, 0.5) is 0 Å². The van der Waals surface area contributed by atoms with Gasteiger partial charge in [0.15, 0.2) is 17.3 Å². The van der Waals surface area contributed by atoms with E-state index in [0.717, 1.165) is 30.6 Å². The van der Waals surface area contributed by atoms with Crippen LogP contribution in [0.15, 0.2) is 45.8 Å². The van der Waals surface area contributed by atoms with E-state index in [9.17, 15) is 4.79 Å². The van der Waals surface area contributed by atoms with Crippen LogP contribution in [-0.2, 0) is 24.4 Å². The molecule has 2 atom stereocenters. The molecule has 11 nitrogen and oxygen atoms in total. The van der Waals surface area contributed by atoms with Crippen LogP contribution in [0, 0.1) is 0 Å². The van der Waals surface area contributed by atoms with E-state index in [1.165, 1.54) is 0 Å². The van der Waals surface area contributed by atoms with Crippen molar-refractivity contribution in [2.45, 2.75) is 51.5 Å². The molecule has 0 aliphatic carbocycles. The quantitative estimate of drug-likeness (QED) is 0.407. The fourth-order valence-corrected chi connectivity index (χ4v) is 4.70. The first kappa shape index (κ1) is 21.8. The molecule has 0 bridgehead atoms. The molecule has 35 heavy (non-hydrogen) atoms. The second-order valence-corrected chi connectivity index (χ2v) is 8.93. The molecule has 5 heterocycles. The van der Waals surface area contributed by atoms with Gasteiger partial charge in [0.1, 0.15) is 5.76 Å². The molecule has 0 amide bonds. The molecule has 1 saturated heterocycles. The second-order valence-electron chi connectivity index (χ2n) is 8.93. The maximum absolute atomic E-state index is 13.0. The summed E-state index contributed by atoms with van der Waals surface area (Å²) in [7, 11) is 0. The smallest absolute Gasteiger partial charge is 0.252 e. The van der Waals surface area contributed by atoms with Gasteiger partial charge in [-0.1, -0.05) is 0 Å². The number of aromatic amines is 1. The van der Waals surface area contributed by atoms with E-state index in [2.05, 4.69) is 25.4 Å². The Balaban J connectivity index is 1.31. The summed E-state index contributed by atoms with van der Waals surface area (Å²) >= 11 is 0. The van der Waals surface area contributed by atoms with E-state index in [-0.39, 0.29) is 24.5 Å². The summed E-state index contributed by atoms with van der Waals surface area (Å²) in [5.74, 6) is 2.81. The van der Waals surface area contributed by atoms with Crippen LogP contribution in [0.1, 0.15) is 43.0 Å². The Kier molecular flexibility index (Phi) is 5.71. The highest BCUT2D eigenvalue weighted by Crippen LogP contribution is 2.35. The lowest BCUT2D eigenvalue weighted by Gasteiger charge is -2.27. The number of furan rings is 1. The monoisotopic (exact) mass is 478 g/mol. The van der Waals surface area contributed by atoms with E-state index >= 15 is 0 Å². The number of hydrogen-bond donors (Lipinski definition) is 1. The minimum absolute atomic E-state index is 0.110. The number of nitrogens with one attached hydrogen (secondary N) is 1. The van der Waals surface area contributed by atoms with Crippen LogP contribution in [0.2, 0.25) is 0 Å². The number of rotatable bonds is 8. The number of hydrogen-bond acceptors (Lipinski definition) is 9. The Bertz CT molecular complexity index is 1380. The van der Waals surface area contributed by atoms with Crippen LogP contribution >= 0.6 is 0 Å². The normalized spacial score (nSPS) is 18.1.